The molecule has 3 rings (SSSR count). The Morgan fingerprint density at radius 2 is 1.65 bits per heavy atom. The summed E-state index contributed by atoms with van der Waals surface area (Å²) in [6.07, 6.45) is 3.40. The standard InChI is InChI=1S/C20H30N4O2/c1-2-17-7-3-4-8-18(17)21-19(25)15-23-11-13-24(14-12-23)20(26)16-22-9-5-6-10-22/h3-4,7-8H,2,5-6,9-16H2,1H3,(H,21,25)/p+2. The summed E-state index contributed by atoms with van der Waals surface area (Å²) in [7, 11) is 0. The van der Waals surface area contributed by atoms with Gasteiger partial charge in [-0.25, -0.2) is 0 Å². The van der Waals surface area contributed by atoms with Gasteiger partial charge < -0.3 is 20.0 Å². The lowest BCUT2D eigenvalue weighted by Crippen LogP contribution is -3.16. The van der Waals surface area contributed by atoms with Crippen LogP contribution in [-0.2, 0) is 16.0 Å². The molecule has 0 radical (unpaired) electrons. The van der Waals surface area contributed by atoms with Crippen molar-refractivity contribution < 1.29 is 19.4 Å². The monoisotopic (exact) mass is 360 g/mol. The van der Waals surface area contributed by atoms with Gasteiger partial charge in [-0.1, -0.05) is 25.1 Å². The highest BCUT2D eigenvalue weighted by molar-refractivity contribution is 5.92. The van der Waals surface area contributed by atoms with Crippen molar-refractivity contribution in [3.05, 3.63) is 29.8 Å². The summed E-state index contributed by atoms with van der Waals surface area (Å²) in [5.74, 6) is 0.337. The molecule has 0 bridgehead atoms. The molecule has 142 valence electrons. The van der Waals surface area contributed by atoms with Crippen molar-refractivity contribution in [3.63, 3.8) is 0 Å². The van der Waals surface area contributed by atoms with E-state index in [0.29, 0.717) is 13.1 Å². The second-order valence-electron chi connectivity index (χ2n) is 7.50. The van der Waals surface area contributed by atoms with Crippen molar-refractivity contribution in [3.8, 4) is 0 Å². The number of hydrogen-bond acceptors (Lipinski definition) is 2. The van der Waals surface area contributed by atoms with E-state index in [1.165, 1.54) is 22.6 Å². The van der Waals surface area contributed by atoms with Gasteiger partial charge in [0.15, 0.2) is 13.1 Å². The lowest BCUT2D eigenvalue weighted by Gasteiger charge is -2.32. The van der Waals surface area contributed by atoms with E-state index in [1.807, 2.05) is 23.1 Å². The van der Waals surface area contributed by atoms with E-state index in [1.54, 1.807) is 0 Å². The van der Waals surface area contributed by atoms with E-state index < -0.39 is 0 Å². The first kappa shape index (κ1) is 18.9. The maximum atomic E-state index is 12.4. The Hall–Kier alpha value is -1.92. The minimum atomic E-state index is 0.0576. The van der Waals surface area contributed by atoms with Crippen LogP contribution in [0.1, 0.15) is 25.3 Å². The molecule has 0 spiro atoms. The van der Waals surface area contributed by atoms with Crippen LogP contribution in [-0.4, -0.2) is 69.1 Å². The summed E-state index contributed by atoms with van der Waals surface area (Å²) in [6, 6.07) is 7.97. The highest BCUT2D eigenvalue weighted by Crippen LogP contribution is 2.14. The van der Waals surface area contributed by atoms with Gasteiger partial charge in [0.2, 0.25) is 0 Å². The molecule has 2 amide bonds. The average molecular weight is 361 g/mol. The Bertz CT molecular complexity index is 620. The van der Waals surface area contributed by atoms with Gasteiger partial charge in [0, 0.05) is 18.5 Å². The van der Waals surface area contributed by atoms with Crippen LogP contribution in [0.15, 0.2) is 24.3 Å². The zero-order valence-corrected chi connectivity index (χ0v) is 15.9. The number of amides is 2. The van der Waals surface area contributed by atoms with Crippen molar-refractivity contribution >= 4 is 17.5 Å². The number of rotatable bonds is 6. The Morgan fingerprint density at radius 3 is 2.35 bits per heavy atom. The smallest absolute Gasteiger partial charge is 0.279 e. The summed E-state index contributed by atoms with van der Waals surface area (Å²) in [4.78, 5) is 29.5. The predicted molar refractivity (Wildman–Crippen MR) is 101 cm³/mol. The Kier molecular flexibility index (Phi) is 6.63. The third-order valence-electron chi connectivity index (χ3n) is 5.62. The molecule has 1 aromatic carbocycles. The number of para-hydroxylation sites is 1. The first-order chi connectivity index (χ1) is 12.7. The van der Waals surface area contributed by atoms with E-state index >= 15 is 0 Å². The molecule has 0 saturated carbocycles. The van der Waals surface area contributed by atoms with Gasteiger partial charge in [0.25, 0.3) is 11.8 Å². The molecule has 0 atom stereocenters. The largest absolute Gasteiger partial charge is 0.327 e. The minimum Gasteiger partial charge on any atom is -0.327 e. The van der Waals surface area contributed by atoms with Gasteiger partial charge in [0.05, 0.1) is 39.3 Å². The fraction of sp³-hybridized carbons (Fsp3) is 0.600. The van der Waals surface area contributed by atoms with Crippen LogP contribution in [0.3, 0.4) is 0 Å². The van der Waals surface area contributed by atoms with Gasteiger partial charge in [-0.3, -0.25) is 9.59 Å². The number of aryl methyl sites for hydroxylation is 1. The summed E-state index contributed by atoms with van der Waals surface area (Å²) >= 11 is 0. The van der Waals surface area contributed by atoms with Crippen molar-refractivity contribution in [2.45, 2.75) is 26.2 Å². The number of hydrogen-bond donors (Lipinski definition) is 3. The van der Waals surface area contributed by atoms with Gasteiger partial charge in [-0.15, -0.1) is 0 Å². The molecule has 2 heterocycles. The summed E-state index contributed by atoms with van der Waals surface area (Å²) in [5.41, 5.74) is 2.08. The van der Waals surface area contributed by atoms with Crippen LogP contribution in [0.4, 0.5) is 5.69 Å². The zero-order chi connectivity index (χ0) is 18.4. The summed E-state index contributed by atoms with van der Waals surface area (Å²) in [6.45, 7) is 8.71. The van der Waals surface area contributed by atoms with Crippen LogP contribution in [0.2, 0.25) is 0 Å². The fourth-order valence-corrected chi connectivity index (χ4v) is 4.00. The normalized spacial score (nSPS) is 18.9. The molecule has 2 saturated heterocycles. The molecule has 6 nitrogen and oxygen atoms in total. The Morgan fingerprint density at radius 1 is 1.00 bits per heavy atom. The lowest BCUT2D eigenvalue weighted by atomic mass is 10.1. The highest BCUT2D eigenvalue weighted by Gasteiger charge is 2.28. The van der Waals surface area contributed by atoms with Gasteiger partial charge in [-0.2, -0.15) is 0 Å². The molecule has 3 N–H and O–H groups in total. The number of carbonyl (C=O) groups is 2. The summed E-state index contributed by atoms with van der Waals surface area (Å²) < 4.78 is 0. The zero-order valence-electron chi connectivity index (χ0n) is 15.9. The second kappa shape index (κ2) is 9.14. The predicted octanol–water partition coefficient (Wildman–Crippen LogP) is -1.41. The SMILES string of the molecule is CCc1ccccc1NC(=O)C[NH+]1CCN(C(=O)C[NH+]2CCCC2)CC1. The number of piperazine rings is 1. The quantitative estimate of drug-likeness (QED) is 0.584. The number of carbonyl (C=O) groups excluding carboxylic acids is 2. The number of likely N-dealkylation sites (tertiary alicyclic amines) is 1. The lowest BCUT2D eigenvalue weighted by molar-refractivity contribution is -0.896. The van der Waals surface area contributed by atoms with Gasteiger partial charge in [-0.05, 0) is 18.1 Å². The third-order valence-corrected chi connectivity index (χ3v) is 5.62. The van der Waals surface area contributed by atoms with E-state index in [2.05, 4.69) is 18.3 Å². The van der Waals surface area contributed by atoms with Crippen molar-refractivity contribution in [2.24, 2.45) is 0 Å². The number of quaternary nitrogens is 2. The van der Waals surface area contributed by atoms with E-state index in [-0.39, 0.29) is 11.8 Å². The van der Waals surface area contributed by atoms with Crippen LogP contribution >= 0.6 is 0 Å². The molecule has 0 aliphatic carbocycles. The molecule has 2 aliphatic rings. The maximum Gasteiger partial charge on any atom is 0.279 e. The van der Waals surface area contributed by atoms with E-state index in [4.69, 9.17) is 0 Å². The molecular weight excluding hydrogens is 328 g/mol. The number of anilines is 1. The first-order valence-electron chi connectivity index (χ1n) is 9.98. The topological polar surface area (TPSA) is 58.3 Å². The molecule has 0 unspecified atom stereocenters. The molecule has 2 fully saturated rings. The number of benzene rings is 1. The second-order valence-corrected chi connectivity index (χ2v) is 7.50. The average Bonchev–Trinajstić information content (AvgIpc) is 3.15. The van der Waals surface area contributed by atoms with Crippen LogP contribution in [0.5, 0.6) is 0 Å². The molecular formula is C20H32N4O2+2. The molecule has 2 aliphatic heterocycles. The Balaban J connectivity index is 1.41. The highest BCUT2D eigenvalue weighted by atomic mass is 16.2. The molecule has 0 aromatic heterocycles. The van der Waals surface area contributed by atoms with Crippen LogP contribution in [0, 0.1) is 0 Å². The molecule has 26 heavy (non-hydrogen) atoms. The first-order valence-corrected chi connectivity index (χ1v) is 9.98. The van der Waals surface area contributed by atoms with Crippen molar-refractivity contribution in [1.29, 1.82) is 0 Å². The molecule has 1 aromatic rings. The van der Waals surface area contributed by atoms with E-state index in [0.717, 1.165) is 56.9 Å². The fourth-order valence-electron chi connectivity index (χ4n) is 4.00. The Labute approximate surface area is 156 Å². The number of nitrogens with zero attached hydrogens (tertiary/aromatic N) is 1. The minimum absolute atomic E-state index is 0.0576. The maximum absolute atomic E-state index is 12.4. The van der Waals surface area contributed by atoms with Crippen molar-refractivity contribution in [1.82, 2.24) is 4.90 Å². The van der Waals surface area contributed by atoms with Crippen LogP contribution < -0.4 is 15.1 Å². The van der Waals surface area contributed by atoms with Crippen LogP contribution in [0.25, 0.3) is 0 Å². The number of nitrogens with one attached hydrogen (secondary N) is 3. The third kappa shape index (κ3) is 5.05. The van der Waals surface area contributed by atoms with Gasteiger partial charge in [0.1, 0.15) is 0 Å². The van der Waals surface area contributed by atoms with Gasteiger partial charge >= 0.3 is 0 Å². The molecule has 6 heteroatoms. The van der Waals surface area contributed by atoms with Crippen molar-refractivity contribution in [2.75, 3.05) is 57.7 Å². The summed E-state index contributed by atoms with van der Waals surface area (Å²) in [5, 5.41) is 3.05. The van der Waals surface area contributed by atoms with E-state index in [9.17, 15) is 9.59 Å².